The van der Waals surface area contributed by atoms with Gasteiger partial charge < -0.3 is 15.0 Å². The van der Waals surface area contributed by atoms with E-state index in [9.17, 15) is 9.59 Å². The van der Waals surface area contributed by atoms with Crippen molar-refractivity contribution in [1.82, 2.24) is 10.2 Å². The third-order valence-corrected chi connectivity index (χ3v) is 6.50. The normalized spacial score (nSPS) is 17.3. The zero-order valence-electron chi connectivity index (χ0n) is 18.4. The van der Waals surface area contributed by atoms with Crippen molar-refractivity contribution in [3.8, 4) is 0 Å². The Kier molecular flexibility index (Phi) is 7.20. The van der Waals surface area contributed by atoms with Crippen LogP contribution in [0.15, 0.2) is 82.0 Å². The molecule has 0 aromatic heterocycles. The Morgan fingerprint density at radius 2 is 1.88 bits per heavy atom. The minimum atomic E-state index is -0.461. The summed E-state index contributed by atoms with van der Waals surface area (Å²) in [6.45, 7) is 4.30. The van der Waals surface area contributed by atoms with Gasteiger partial charge in [-0.1, -0.05) is 65.8 Å². The van der Waals surface area contributed by atoms with Crippen molar-refractivity contribution < 1.29 is 14.3 Å². The molecule has 33 heavy (non-hydrogen) atoms. The van der Waals surface area contributed by atoms with Crippen molar-refractivity contribution in [2.45, 2.75) is 32.9 Å². The lowest BCUT2D eigenvalue weighted by atomic mass is 9.94. The van der Waals surface area contributed by atoms with Gasteiger partial charge in [-0.2, -0.15) is 0 Å². The molecule has 6 nitrogen and oxygen atoms in total. The summed E-state index contributed by atoms with van der Waals surface area (Å²) in [4.78, 5) is 32.3. The van der Waals surface area contributed by atoms with Crippen molar-refractivity contribution in [3.05, 3.63) is 93.1 Å². The van der Waals surface area contributed by atoms with Gasteiger partial charge in [0.1, 0.15) is 0 Å². The van der Waals surface area contributed by atoms with Crippen LogP contribution in [0.25, 0.3) is 0 Å². The van der Waals surface area contributed by atoms with E-state index in [2.05, 4.69) is 10.3 Å². The standard InChI is InChI=1S/C25H24ClN3O3S/c1-3-32-24(31)22-16(2)28-25-29(23(22)18-9-11-19(26)12-10-18)20(15-33-25)13-21(30)27-14-17-7-5-4-6-8-17/h4-12,15,23H,3,13-14H2,1-2H3,(H,27,30). The molecule has 0 aliphatic carbocycles. The maximum Gasteiger partial charge on any atom is 0.338 e. The number of nitrogens with one attached hydrogen (secondary N) is 1. The van der Waals surface area contributed by atoms with Gasteiger partial charge >= 0.3 is 5.97 Å². The summed E-state index contributed by atoms with van der Waals surface area (Å²) < 4.78 is 5.36. The molecule has 1 atom stereocenters. The van der Waals surface area contributed by atoms with E-state index in [1.165, 1.54) is 11.8 Å². The quantitative estimate of drug-likeness (QED) is 0.551. The van der Waals surface area contributed by atoms with E-state index in [1.807, 2.05) is 59.7 Å². The molecule has 0 fully saturated rings. The number of hydrogen-bond acceptors (Lipinski definition) is 6. The number of carbonyl (C=O) groups excluding carboxylic acids is 2. The number of aliphatic imine (C=N–C) groups is 1. The topological polar surface area (TPSA) is 71.0 Å². The van der Waals surface area contributed by atoms with Crippen LogP contribution in [0, 0.1) is 0 Å². The Morgan fingerprint density at radius 1 is 1.15 bits per heavy atom. The number of amides is 1. The van der Waals surface area contributed by atoms with Crippen molar-refractivity contribution in [1.29, 1.82) is 0 Å². The van der Waals surface area contributed by atoms with Crippen molar-refractivity contribution in [2.24, 2.45) is 4.99 Å². The predicted molar refractivity (Wildman–Crippen MR) is 131 cm³/mol. The molecule has 8 heteroatoms. The summed E-state index contributed by atoms with van der Waals surface area (Å²) in [5.41, 5.74) is 3.74. The summed E-state index contributed by atoms with van der Waals surface area (Å²) >= 11 is 7.56. The monoisotopic (exact) mass is 481 g/mol. The molecule has 2 aliphatic rings. The minimum absolute atomic E-state index is 0.106. The number of ether oxygens (including phenoxy) is 1. The first kappa shape index (κ1) is 23.1. The van der Waals surface area contributed by atoms with E-state index in [1.54, 1.807) is 19.1 Å². The number of thioether (sulfide) groups is 1. The van der Waals surface area contributed by atoms with Crippen LogP contribution < -0.4 is 5.32 Å². The number of nitrogens with zero attached hydrogens (tertiary/aromatic N) is 2. The second-order valence-electron chi connectivity index (χ2n) is 7.60. The second kappa shape index (κ2) is 10.3. The van der Waals surface area contributed by atoms with Gasteiger partial charge in [0.15, 0.2) is 5.17 Å². The number of halogens is 1. The number of allylic oxidation sites excluding steroid dienone is 1. The largest absolute Gasteiger partial charge is 0.463 e. The van der Waals surface area contributed by atoms with Crippen LogP contribution in [0.2, 0.25) is 5.02 Å². The smallest absolute Gasteiger partial charge is 0.338 e. The minimum Gasteiger partial charge on any atom is -0.463 e. The molecule has 0 spiro atoms. The third-order valence-electron chi connectivity index (χ3n) is 5.36. The van der Waals surface area contributed by atoms with Crippen molar-refractivity contribution in [3.63, 3.8) is 0 Å². The first-order chi connectivity index (χ1) is 16.0. The Hall–Kier alpha value is -3.03. The predicted octanol–water partition coefficient (Wildman–Crippen LogP) is 5.18. The molecule has 0 saturated heterocycles. The Morgan fingerprint density at radius 3 is 2.58 bits per heavy atom. The fraction of sp³-hybridized carbons (Fsp3) is 0.240. The van der Waals surface area contributed by atoms with Crippen molar-refractivity contribution in [2.75, 3.05) is 6.61 Å². The van der Waals surface area contributed by atoms with E-state index in [4.69, 9.17) is 16.3 Å². The number of amidine groups is 1. The highest BCUT2D eigenvalue weighted by Crippen LogP contribution is 2.44. The first-order valence-electron chi connectivity index (χ1n) is 10.7. The van der Waals surface area contributed by atoms with E-state index < -0.39 is 12.0 Å². The summed E-state index contributed by atoms with van der Waals surface area (Å²) in [7, 11) is 0. The number of rotatable bonds is 7. The number of esters is 1. The van der Waals surface area contributed by atoms with E-state index in [0.29, 0.717) is 22.8 Å². The highest BCUT2D eigenvalue weighted by atomic mass is 35.5. The number of benzene rings is 2. The van der Waals surface area contributed by atoms with Gasteiger partial charge in [0.2, 0.25) is 5.91 Å². The van der Waals surface area contributed by atoms with Gasteiger partial charge in [-0.3, -0.25) is 4.79 Å². The Bertz CT molecular complexity index is 1140. The van der Waals surface area contributed by atoms with Crippen LogP contribution in [0.5, 0.6) is 0 Å². The average molecular weight is 482 g/mol. The molecule has 4 rings (SSSR count). The zero-order chi connectivity index (χ0) is 23.4. The van der Waals surface area contributed by atoms with Crippen LogP contribution in [0.4, 0.5) is 0 Å². The summed E-state index contributed by atoms with van der Waals surface area (Å²) in [5, 5.41) is 6.23. The third kappa shape index (κ3) is 5.15. The molecule has 0 radical (unpaired) electrons. The first-order valence-corrected chi connectivity index (χ1v) is 11.9. The van der Waals surface area contributed by atoms with E-state index in [-0.39, 0.29) is 18.9 Å². The molecule has 1 amide bonds. The number of hydrogen-bond donors (Lipinski definition) is 1. The molecule has 2 heterocycles. The molecule has 0 saturated carbocycles. The molecule has 2 aliphatic heterocycles. The lowest BCUT2D eigenvalue weighted by molar-refractivity contribution is -0.139. The van der Waals surface area contributed by atoms with Crippen LogP contribution in [0.1, 0.15) is 37.4 Å². The molecule has 1 N–H and O–H groups in total. The van der Waals surface area contributed by atoms with Crippen molar-refractivity contribution >= 4 is 40.4 Å². The SMILES string of the molecule is CCOC(=O)C1=C(C)N=C2SC=C(CC(=O)NCc3ccccc3)N2C1c1ccc(Cl)cc1. The van der Waals surface area contributed by atoms with E-state index >= 15 is 0 Å². The zero-order valence-corrected chi connectivity index (χ0v) is 19.9. The van der Waals surface area contributed by atoms with Crippen LogP contribution in [-0.4, -0.2) is 28.6 Å². The van der Waals surface area contributed by atoms with Crippen LogP contribution in [-0.2, 0) is 20.9 Å². The molecular weight excluding hydrogens is 458 g/mol. The Labute approximate surface area is 202 Å². The van der Waals surface area contributed by atoms with Gasteiger partial charge in [-0.15, -0.1) is 0 Å². The molecule has 170 valence electrons. The molecule has 0 bridgehead atoms. The van der Waals surface area contributed by atoms with Gasteiger partial charge in [-0.05, 0) is 42.5 Å². The van der Waals surface area contributed by atoms with Gasteiger partial charge in [0, 0.05) is 17.3 Å². The second-order valence-corrected chi connectivity index (χ2v) is 8.88. The molecule has 1 unspecified atom stereocenters. The summed E-state index contributed by atoms with van der Waals surface area (Å²) in [6, 6.07) is 16.7. The molecule has 2 aromatic carbocycles. The van der Waals surface area contributed by atoms with Crippen LogP contribution in [0.3, 0.4) is 0 Å². The average Bonchev–Trinajstić information content (AvgIpc) is 3.20. The number of carbonyl (C=O) groups is 2. The fourth-order valence-corrected chi connectivity index (χ4v) is 4.91. The lowest BCUT2D eigenvalue weighted by Gasteiger charge is -2.36. The lowest BCUT2D eigenvalue weighted by Crippen LogP contribution is -2.38. The van der Waals surface area contributed by atoms with Gasteiger partial charge in [0.25, 0.3) is 0 Å². The molecule has 2 aromatic rings. The maximum absolute atomic E-state index is 12.9. The van der Waals surface area contributed by atoms with Gasteiger partial charge in [-0.25, -0.2) is 9.79 Å². The summed E-state index contributed by atoms with van der Waals surface area (Å²) in [6.07, 6.45) is 0.165. The summed E-state index contributed by atoms with van der Waals surface area (Å²) in [5.74, 6) is -0.520. The molecular formula is C25H24ClN3O3S. The van der Waals surface area contributed by atoms with E-state index in [0.717, 1.165) is 22.0 Å². The highest BCUT2D eigenvalue weighted by Gasteiger charge is 2.41. The van der Waals surface area contributed by atoms with Gasteiger partial charge in [0.05, 0.1) is 30.3 Å². The maximum atomic E-state index is 12.9. The Balaban J connectivity index is 1.60. The fourth-order valence-electron chi connectivity index (χ4n) is 3.82. The highest BCUT2D eigenvalue weighted by molar-refractivity contribution is 8.16. The number of fused-ring (bicyclic) bond motifs is 1. The van der Waals surface area contributed by atoms with Crippen LogP contribution >= 0.6 is 23.4 Å².